The van der Waals surface area contributed by atoms with Crippen molar-refractivity contribution in [1.29, 1.82) is 0 Å². The van der Waals surface area contributed by atoms with Gasteiger partial charge < -0.3 is 10.6 Å². The lowest BCUT2D eigenvalue weighted by Gasteiger charge is -2.27. The molecule has 26 heavy (non-hydrogen) atoms. The fourth-order valence-corrected chi connectivity index (χ4v) is 3.80. The van der Waals surface area contributed by atoms with Crippen LogP contribution in [-0.4, -0.2) is 18.0 Å². The van der Waals surface area contributed by atoms with Crippen LogP contribution in [0.3, 0.4) is 0 Å². The van der Waals surface area contributed by atoms with Crippen LogP contribution in [0.25, 0.3) is 0 Å². The van der Waals surface area contributed by atoms with Crippen LogP contribution < -0.4 is 15.5 Å². The molecule has 0 radical (unpaired) electrons. The number of carbonyl (C=O) groups excluding carboxylic acids is 2. The summed E-state index contributed by atoms with van der Waals surface area (Å²) in [4.78, 5) is 27.4. The van der Waals surface area contributed by atoms with E-state index in [2.05, 4.69) is 10.6 Å². The van der Waals surface area contributed by atoms with Crippen LogP contribution in [0.5, 0.6) is 0 Å². The molecule has 4 rings (SSSR count). The molecule has 1 fully saturated rings. The highest BCUT2D eigenvalue weighted by Crippen LogP contribution is 2.37. The quantitative estimate of drug-likeness (QED) is 0.736. The Bertz CT molecular complexity index is 862. The maximum Gasteiger partial charge on any atom is 0.329 e. The summed E-state index contributed by atoms with van der Waals surface area (Å²) in [6, 6.07) is 12.1. The molecule has 0 aromatic heterocycles. The fourth-order valence-electron chi connectivity index (χ4n) is 3.64. The number of fused-ring (bicyclic) bond motifs is 2. The maximum absolute atomic E-state index is 13.2. The van der Waals surface area contributed by atoms with Crippen molar-refractivity contribution in [2.24, 2.45) is 0 Å². The molecular weight excluding hydrogens is 350 g/mol. The highest BCUT2D eigenvalue weighted by atomic mass is 35.5. The second kappa shape index (κ2) is 7.00. The smallest absolute Gasteiger partial charge is 0.329 e. The van der Waals surface area contributed by atoms with E-state index in [-0.39, 0.29) is 11.9 Å². The van der Waals surface area contributed by atoms with Gasteiger partial charge in [-0.05, 0) is 43.2 Å². The molecule has 5 nitrogen and oxygen atoms in total. The molecule has 2 aromatic rings. The Hall–Kier alpha value is -2.53. The van der Waals surface area contributed by atoms with E-state index in [1.165, 1.54) is 11.3 Å². The van der Waals surface area contributed by atoms with Crippen molar-refractivity contribution in [1.82, 2.24) is 5.32 Å². The molecule has 0 atom stereocenters. The van der Waals surface area contributed by atoms with E-state index in [1.54, 1.807) is 30.3 Å². The number of amides is 3. The molecule has 1 aliphatic heterocycles. The number of nitrogens with one attached hydrogen (secondary N) is 2. The van der Waals surface area contributed by atoms with Gasteiger partial charge in [0.05, 0.1) is 22.6 Å². The number of halogens is 1. The number of para-hydroxylation sites is 1. The molecule has 134 valence electrons. The molecular formula is C20H20ClN3O2. The molecule has 1 aliphatic carbocycles. The van der Waals surface area contributed by atoms with Crippen LogP contribution in [0.4, 0.5) is 21.9 Å². The third kappa shape index (κ3) is 3.15. The van der Waals surface area contributed by atoms with Gasteiger partial charge in [0.25, 0.3) is 5.91 Å². The maximum atomic E-state index is 13.2. The van der Waals surface area contributed by atoms with Gasteiger partial charge in [-0.3, -0.25) is 4.79 Å². The average Bonchev–Trinajstić information content (AvgIpc) is 2.76. The second-order valence-electron chi connectivity index (χ2n) is 6.76. The van der Waals surface area contributed by atoms with Crippen molar-refractivity contribution >= 4 is 40.6 Å². The van der Waals surface area contributed by atoms with Gasteiger partial charge in [-0.25, -0.2) is 9.69 Å². The predicted molar refractivity (Wildman–Crippen MR) is 103 cm³/mol. The molecule has 2 aromatic carbocycles. The third-order valence-electron chi connectivity index (χ3n) is 4.97. The minimum Gasteiger partial charge on any atom is -0.353 e. The second-order valence-corrected chi connectivity index (χ2v) is 7.19. The molecule has 1 heterocycles. The van der Waals surface area contributed by atoms with Gasteiger partial charge >= 0.3 is 6.03 Å². The number of carbonyl (C=O) groups is 2. The molecule has 0 saturated heterocycles. The molecule has 2 aliphatic rings. The first kappa shape index (κ1) is 16.9. The van der Waals surface area contributed by atoms with Crippen molar-refractivity contribution in [3.63, 3.8) is 0 Å². The number of imide groups is 1. The number of hydrogen-bond acceptors (Lipinski definition) is 3. The number of rotatable bonds is 1. The number of hydrogen-bond donors (Lipinski definition) is 2. The molecule has 0 bridgehead atoms. The largest absolute Gasteiger partial charge is 0.353 e. The van der Waals surface area contributed by atoms with Crippen molar-refractivity contribution in [2.45, 2.75) is 38.1 Å². The minimum atomic E-state index is -0.399. The van der Waals surface area contributed by atoms with Gasteiger partial charge in [0.2, 0.25) is 0 Å². The van der Waals surface area contributed by atoms with E-state index in [4.69, 9.17) is 11.6 Å². The Morgan fingerprint density at radius 1 is 1.08 bits per heavy atom. The first-order valence-electron chi connectivity index (χ1n) is 8.94. The summed E-state index contributed by atoms with van der Waals surface area (Å²) in [7, 11) is 0. The lowest BCUT2D eigenvalue weighted by Crippen LogP contribution is -2.48. The van der Waals surface area contributed by atoms with Crippen LogP contribution in [0.1, 0.15) is 42.5 Å². The Balaban J connectivity index is 1.74. The lowest BCUT2D eigenvalue weighted by atomic mass is 9.96. The molecule has 6 heteroatoms. The van der Waals surface area contributed by atoms with Crippen LogP contribution in [0.15, 0.2) is 42.5 Å². The molecule has 0 spiro atoms. The van der Waals surface area contributed by atoms with Crippen LogP contribution in [0, 0.1) is 0 Å². The number of anilines is 3. The average molecular weight is 370 g/mol. The normalized spacial score (nSPS) is 17.0. The summed E-state index contributed by atoms with van der Waals surface area (Å²) >= 11 is 6.15. The van der Waals surface area contributed by atoms with Crippen molar-refractivity contribution in [3.8, 4) is 0 Å². The van der Waals surface area contributed by atoms with Crippen molar-refractivity contribution in [3.05, 3.63) is 53.1 Å². The van der Waals surface area contributed by atoms with Gasteiger partial charge in [-0.2, -0.15) is 0 Å². The summed E-state index contributed by atoms with van der Waals surface area (Å²) in [6.45, 7) is 0. The van der Waals surface area contributed by atoms with E-state index < -0.39 is 6.03 Å². The van der Waals surface area contributed by atoms with E-state index >= 15 is 0 Å². The highest BCUT2D eigenvalue weighted by molar-refractivity contribution is 6.32. The van der Waals surface area contributed by atoms with Gasteiger partial charge in [-0.15, -0.1) is 0 Å². The monoisotopic (exact) mass is 369 g/mol. The van der Waals surface area contributed by atoms with E-state index in [0.717, 1.165) is 25.7 Å². The van der Waals surface area contributed by atoms with E-state index in [0.29, 0.717) is 27.6 Å². The van der Waals surface area contributed by atoms with Crippen LogP contribution in [0.2, 0.25) is 5.02 Å². The standard InChI is InChI=1S/C20H20ClN3O2/c21-13-10-11-17-18(12-13)24(20(26)22-14-6-2-1-3-7-14)19(25)15-8-4-5-9-16(15)23-17/h4-5,8-12,14,23H,1-3,6-7H2,(H,22,26). The molecule has 1 saturated carbocycles. The summed E-state index contributed by atoms with van der Waals surface area (Å²) in [6.07, 6.45) is 5.30. The summed E-state index contributed by atoms with van der Waals surface area (Å²) < 4.78 is 0. The van der Waals surface area contributed by atoms with Gasteiger partial charge in [-0.1, -0.05) is 43.0 Å². The predicted octanol–water partition coefficient (Wildman–Crippen LogP) is 5.09. The Kier molecular flexibility index (Phi) is 4.55. The Morgan fingerprint density at radius 3 is 2.65 bits per heavy atom. The Morgan fingerprint density at radius 2 is 1.85 bits per heavy atom. The minimum absolute atomic E-state index is 0.109. The van der Waals surface area contributed by atoms with Crippen LogP contribution in [-0.2, 0) is 0 Å². The number of nitrogens with zero attached hydrogens (tertiary/aromatic N) is 1. The van der Waals surface area contributed by atoms with Gasteiger partial charge in [0.15, 0.2) is 0 Å². The fraction of sp³-hybridized carbons (Fsp3) is 0.300. The Labute approximate surface area is 157 Å². The van der Waals surface area contributed by atoms with Crippen molar-refractivity contribution < 1.29 is 9.59 Å². The van der Waals surface area contributed by atoms with Crippen molar-refractivity contribution in [2.75, 3.05) is 10.2 Å². The molecule has 0 unspecified atom stereocenters. The first-order valence-corrected chi connectivity index (χ1v) is 9.32. The topological polar surface area (TPSA) is 61.4 Å². The van der Waals surface area contributed by atoms with Crippen LogP contribution >= 0.6 is 11.6 Å². The number of benzene rings is 2. The third-order valence-corrected chi connectivity index (χ3v) is 5.20. The SMILES string of the molecule is O=C(NC1CCCCC1)N1C(=O)c2ccccc2Nc2ccc(Cl)cc21. The lowest BCUT2D eigenvalue weighted by molar-refractivity contribution is 0.0994. The number of urea groups is 1. The molecule has 2 N–H and O–H groups in total. The summed E-state index contributed by atoms with van der Waals surface area (Å²) in [5.41, 5.74) is 2.27. The van der Waals surface area contributed by atoms with E-state index in [1.807, 2.05) is 12.1 Å². The van der Waals surface area contributed by atoms with Gasteiger partial charge in [0, 0.05) is 11.1 Å². The van der Waals surface area contributed by atoms with E-state index in [9.17, 15) is 9.59 Å². The summed E-state index contributed by atoms with van der Waals surface area (Å²) in [5, 5.41) is 6.75. The van der Waals surface area contributed by atoms with Gasteiger partial charge in [0.1, 0.15) is 0 Å². The summed E-state index contributed by atoms with van der Waals surface area (Å²) in [5.74, 6) is -0.359. The zero-order chi connectivity index (χ0) is 18.1. The zero-order valence-corrected chi connectivity index (χ0v) is 15.1. The zero-order valence-electron chi connectivity index (χ0n) is 14.3. The highest BCUT2D eigenvalue weighted by Gasteiger charge is 2.32. The molecule has 3 amide bonds. The first-order chi connectivity index (χ1) is 12.6.